The molecule has 5 nitrogen and oxygen atoms in total. The van der Waals surface area contributed by atoms with Gasteiger partial charge in [-0.05, 0) is 50.5 Å². The normalized spacial score (nSPS) is 19.9. The summed E-state index contributed by atoms with van der Waals surface area (Å²) in [4.78, 5) is 4.95. The van der Waals surface area contributed by atoms with E-state index in [2.05, 4.69) is 47.4 Å². The quantitative estimate of drug-likeness (QED) is 0.640. The van der Waals surface area contributed by atoms with E-state index in [1.807, 2.05) is 18.0 Å². The van der Waals surface area contributed by atoms with Gasteiger partial charge in [0.2, 0.25) is 0 Å². The van der Waals surface area contributed by atoms with Crippen LogP contribution < -0.4 is 0 Å². The van der Waals surface area contributed by atoms with Crippen molar-refractivity contribution >= 4 is 33.4 Å². The van der Waals surface area contributed by atoms with Crippen LogP contribution in [0.4, 0.5) is 0 Å². The highest BCUT2D eigenvalue weighted by Gasteiger charge is 2.32. The number of thioether (sulfide) groups is 1. The Morgan fingerprint density at radius 2 is 2.27 bits per heavy atom. The Morgan fingerprint density at radius 1 is 1.38 bits per heavy atom. The Kier molecular flexibility index (Phi) is 5.03. The van der Waals surface area contributed by atoms with Gasteiger partial charge in [-0.15, -0.1) is 0 Å². The first kappa shape index (κ1) is 17.9. The van der Waals surface area contributed by atoms with Crippen LogP contribution >= 0.6 is 23.3 Å². The lowest BCUT2D eigenvalue weighted by molar-refractivity contribution is -0.0706. The zero-order valence-electron chi connectivity index (χ0n) is 15.4. The third-order valence-electron chi connectivity index (χ3n) is 4.84. The smallest absolute Gasteiger partial charge is 0.160 e. The van der Waals surface area contributed by atoms with Crippen molar-refractivity contribution in [1.82, 2.24) is 19.1 Å². The second-order valence-corrected chi connectivity index (χ2v) is 9.13. The molecule has 1 aliphatic heterocycles. The van der Waals surface area contributed by atoms with Crippen molar-refractivity contribution in [2.45, 2.75) is 44.8 Å². The van der Waals surface area contributed by atoms with Gasteiger partial charge in [0, 0.05) is 35.9 Å². The average Bonchev–Trinajstić information content (AvgIpc) is 3.25. The van der Waals surface area contributed by atoms with E-state index in [-0.39, 0.29) is 5.60 Å². The van der Waals surface area contributed by atoms with Crippen molar-refractivity contribution in [1.29, 1.82) is 0 Å². The monoisotopic (exact) mass is 388 g/mol. The standard InChI is InChI=1S/C19H24N4OS2/c1-19(2)11-14(7-9-24-19)23-18(21-16(22-23)8-10-25-3)15-6-4-5-13-12-20-26-17(13)15/h4-6,12,14H,7-11H2,1-3H3. The minimum atomic E-state index is -0.123. The van der Waals surface area contributed by atoms with Crippen LogP contribution in [0, 0.1) is 0 Å². The van der Waals surface area contributed by atoms with Crippen molar-refractivity contribution in [3.63, 3.8) is 0 Å². The highest BCUT2D eigenvalue weighted by molar-refractivity contribution is 7.98. The van der Waals surface area contributed by atoms with Crippen molar-refractivity contribution in [2.24, 2.45) is 0 Å². The van der Waals surface area contributed by atoms with E-state index in [0.717, 1.165) is 48.8 Å². The van der Waals surface area contributed by atoms with Gasteiger partial charge in [-0.1, -0.05) is 12.1 Å². The molecule has 1 aromatic carbocycles. The summed E-state index contributed by atoms with van der Waals surface area (Å²) >= 11 is 3.36. The van der Waals surface area contributed by atoms with Crippen LogP contribution in [0.15, 0.2) is 24.4 Å². The SMILES string of the molecule is CSCCc1nc(-c2cccc3cnsc23)n(C2CCOC(C)(C)C2)n1. The van der Waals surface area contributed by atoms with Crippen LogP contribution in [0.5, 0.6) is 0 Å². The van der Waals surface area contributed by atoms with Gasteiger partial charge in [0.25, 0.3) is 0 Å². The predicted molar refractivity (Wildman–Crippen MR) is 109 cm³/mol. The molecule has 4 rings (SSSR count). The van der Waals surface area contributed by atoms with Crippen LogP contribution in [-0.2, 0) is 11.2 Å². The van der Waals surface area contributed by atoms with E-state index in [1.165, 1.54) is 21.6 Å². The molecule has 1 aliphatic rings. The lowest BCUT2D eigenvalue weighted by Crippen LogP contribution is -2.35. The van der Waals surface area contributed by atoms with Gasteiger partial charge in [-0.3, -0.25) is 0 Å². The molecule has 0 bridgehead atoms. The molecule has 26 heavy (non-hydrogen) atoms. The molecule has 2 aromatic heterocycles. The minimum Gasteiger partial charge on any atom is -0.375 e. The maximum Gasteiger partial charge on any atom is 0.160 e. The summed E-state index contributed by atoms with van der Waals surface area (Å²) in [5.74, 6) is 2.94. The maximum absolute atomic E-state index is 5.92. The molecule has 0 N–H and O–H groups in total. The number of fused-ring (bicyclic) bond motifs is 1. The maximum atomic E-state index is 5.92. The predicted octanol–water partition coefficient (Wildman–Crippen LogP) is 4.59. The number of aryl methyl sites for hydroxylation is 1. The molecule has 3 heterocycles. The zero-order chi connectivity index (χ0) is 18.1. The number of nitrogens with zero attached hydrogens (tertiary/aromatic N) is 4. The average molecular weight is 389 g/mol. The molecule has 1 saturated heterocycles. The fourth-order valence-corrected chi connectivity index (χ4v) is 4.73. The molecule has 0 amide bonds. The molecule has 0 radical (unpaired) electrons. The van der Waals surface area contributed by atoms with Crippen LogP contribution in [0.1, 0.15) is 38.6 Å². The summed E-state index contributed by atoms with van der Waals surface area (Å²) in [6.45, 7) is 5.09. The topological polar surface area (TPSA) is 52.8 Å². The molecule has 0 spiro atoms. The van der Waals surface area contributed by atoms with Gasteiger partial charge < -0.3 is 4.74 Å². The van der Waals surface area contributed by atoms with Gasteiger partial charge in [-0.25, -0.2) is 9.67 Å². The molecule has 0 aliphatic carbocycles. The van der Waals surface area contributed by atoms with Crippen LogP contribution in [-0.4, -0.2) is 43.4 Å². The largest absolute Gasteiger partial charge is 0.375 e. The van der Waals surface area contributed by atoms with Crippen LogP contribution in [0.2, 0.25) is 0 Å². The minimum absolute atomic E-state index is 0.123. The first-order valence-corrected chi connectivity index (χ1v) is 11.2. The molecule has 1 unspecified atom stereocenters. The van der Waals surface area contributed by atoms with E-state index in [9.17, 15) is 0 Å². The fourth-order valence-electron chi connectivity index (χ4n) is 3.58. The van der Waals surface area contributed by atoms with E-state index >= 15 is 0 Å². The van der Waals surface area contributed by atoms with Gasteiger partial charge in [0.1, 0.15) is 0 Å². The summed E-state index contributed by atoms with van der Waals surface area (Å²) in [7, 11) is 0. The Labute approximate surface area is 162 Å². The van der Waals surface area contributed by atoms with Gasteiger partial charge in [-0.2, -0.15) is 21.2 Å². The summed E-state index contributed by atoms with van der Waals surface area (Å²) in [5, 5.41) is 6.09. The number of ether oxygens (including phenoxy) is 1. The summed E-state index contributed by atoms with van der Waals surface area (Å²) < 4.78 is 13.6. The highest BCUT2D eigenvalue weighted by atomic mass is 32.2. The number of benzene rings is 1. The molecule has 1 fully saturated rings. The summed E-state index contributed by atoms with van der Waals surface area (Å²) in [6.07, 6.45) is 6.87. The molecule has 3 aromatic rings. The third kappa shape index (κ3) is 3.52. The van der Waals surface area contributed by atoms with Gasteiger partial charge in [0.05, 0.1) is 16.3 Å². The summed E-state index contributed by atoms with van der Waals surface area (Å²) in [6, 6.07) is 6.65. The van der Waals surface area contributed by atoms with Gasteiger partial charge >= 0.3 is 0 Å². The molecular formula is C19H24N4OS2. The fraction of sp³-hybridized carbons (Fsp3) is 0.526. The van der Waals surface area contributed by atoms with Crippen molar-refractivity contribution in [2.75, 3.05) is 18.6 Å². The van der Waals surface area contributed by atoms with E-state index in [0.29, 0.717) is 6.04 Å². The van der Waals surface area contributed by atoms with Crippen molar-refractivity contribution in [3.05, 3.63) is 30.2 Å². The first-order chi connectivity index (χ1) is 12.6. The Hall–Kier alpha value is -1.44. The second kappa shape index (κ2) is 7.29. The zero-order valence-corrected chi connectivity index (χ0v) is 17.1. The highest BCUT2D eigenvalue weighted by Crippen LogP contribution is 2.36. The van der Waals surface area contributed by atoms with E-state index < -0.39 is 0 Å². The van der Waals surface area contributed by atoms with E-state index in [1.54, 1.807) is 0 Å². The Bertz CT molecular complexity index is 902. The number of hydrogen-bond donors (Lipinski definition) is 0. The van der Waals surface area contributed by atoms with Crippen LogP contribution in [0.25, 0.3) is 21.5 Å². The molecule has 1 atom stereocenters. The van der Waals surface area contributed by atoms with Crippen molar-refractivity contribution in [3.8, 4) is 11.4 Å². The lowest BCUT2D eigenvalue weighted by Gasteiger charge is -2.35. The van der Waals surface area contributed by atoms with E-state index in [4.69, 9.17) is 14.8 Å². The molecule has 0 saturated carbocycles. The number of hydrogen-bond acceptors (Lipinski definition) is 6. The Balaban J connectivity index is 1.79. The molecular weight excluding hydrogens is 364 g/mol. The third-order valence-corrected chi connectivity index (χ3v) is 6.31. The summed E-state index contributed by atoms with van der Waals surface area (Å²) in [5.41, 5.74) is 1.01. The van der Waals surface area contributed by atoms with Crippen molar-refractivity contribution < 1.29 is 4.74 Å². The second-order valence-electron chi connectivity index (χ2n) is 7.34. The number of rotatable bonds is 5. The van der Waals surface area contributed by atoms with Gasteiger partial charge in [0.15, 0.2) is 11.6 Å². The number of aromatic nitrogens is 4. The molecule has 138 valence electrons. The molecule has 7 heteroatoms. The first-order valence-electron chi connectivity index (χ1n) is 8.99. The van der Waals surface area contributed by atoms with Crippen LogP contribution in [0.3, 0.4) is 0 Å². The lowest BCUT2D eigenvalue weighted by atomic mass is 9.94. The Morgan fingerprint density at radius 3 is 3.08 bits per heavy atom.